The summed E-state index contributed by atoms with van der Waals surface area (Å²) in [6, 6.07) is 7.63. The van der Waals surface area contributed by atoms with Crippen molar-refractivity contribution in [3.05, 3.63) is 41.3 Å². The first-order chi connectivity index (χ1) is 14.9. The first-order valence-corrected chi connectivity index (χ1v) is 11.0. The zero-order chi connectivity index (χ0) is 22.0. The molecule has 2 aromatic heterocycles. The quantitative estimate of drug-likeness (QED) is 0.393. The van der Waals surface area contributed by atoms with E-state index in [9.17, 15) is 4.79 Å². The van der Waals surface area contributed by atoms with Crippen LogP contribution in [0.25, 0.3) is 10.9 Å². The lowest BCUT2D eigenvalue weighted by Crippen LogP contribution is -2.60. The molecule has 1 aliphatic heterocycles. The average Bonchev–Trinajstić information content (AvgIpc) is 2.71. The van der Waals surface area contributed by atoms with E-state index >= 15 is 0 Å². The number of ether oxygens (including phenoxy) is 1. The standard InChI is InChI=1S/C21H25N7O2S/c1-11-8-12(2)23-21(22-11)31-10-14-9-17(29)26-20(25-14)28-19-24-13(3)15-6-5-7-16(30-4)18(15)27-19/h5-8,14,20,25H,9-10H2,1-4H3,(H,26,29)(H,24,27,28). The molecule has 1 fully saturated rings. The topological polar surface area (TPSA) is 114 Å². The van der Waals surface area contributed by atoms with E-state index < -0.39 is 6.29 Å². The predicted octanol–water partition coefficient (Wildman–Crippen LogP) is 2.32. The van der Waals surface area contributed by atoms with Crippen LogP contribution in [-0.4, -0.2) is 51.0 Å². The van der Waals surface area contributed by atoms with Gasteiger partial charge < -0.3 is 15.4 Å². The summed E-state index contributed by atoms with van der Waals surface area (Å²) in [6.45, 7) is 5.82. The molecule has 31 heavy (non-hydrogen) atoms. The van der Waals surface area contributed by atoms with Crippen LogP contribution in [-0.2, 0) is 4.79 Å². The summed E-state index contributed by atoms with van der Waals surface area (Å²) in [7, 11) is 1.62. The second kappa shape index (κ2) is 9.03. The Bertz CT molecular complexity index is 1100. The number of hydrogen-bond donors (Lipinski definition) is 3. The molecule has 2 atom stereocenters. The third kappa shape index (κ3) is 5.02. The van der Waals surface area contributed by atoms with Gasteiger partial charge in [0.1, 0.15) is 11.3 Å². The summed E-state index contributed by atoms with van der Waals surface area (Å²) in [5.74, 6) is 1.71. The second-order valence-corrected chi connectivity index (χ2v) is 8.43. The Morgan fingerprint density at radius 3 is 2.68 bits per heavy atom. The predicted molar refractivity (Wildman–Crippen MR) is 120 cm³/mol. The van der Waals surface area contributed by atoms with Gasteiger partial charge in [-0.25, -0.2) is 19.9 Å². The number of methoxy groups -OCH3 is 1. The van der Waals surface area contributed by atoms with Gasteiger partial charge in [-0.05, 0) is 32.9 Å². The molecule has 3 aromatic rings. The second-order valence-electron chi connectivity index (χ2n) is 7.45. The third-order valence-electron chi connectivity index (χ3n) is 4.89. The normalized spacial score (nSPS) is 18.6. The number of nitrogens with zero attached hydrogens (tertiary/aromatic N) is 4. The molecule has 0 bridgehead atoms. The van der Waals surface area contributed by atoms with Gasteiger partial charge in [0.2, 0.25) is 11.9 Å². The number of amides is 1. The van der Waals surface area contributed by atoms with Crippen molar-refractivity contribution in [2.45, 2.75) is 44.7 Å². The van der Waals surface area contributed by atoms with Crippen molar-refractivity contribution in [2.24, 2.45) is 0 Å². The highest BCUT2D eigenvalue weighted by atomic mass is 32.2. The molecule has 1 aliphatic rings. The zero-order valence-electron chi connectivity index (χ0n) is 17.9. The summed E-state index contributed by atoms with van der Waals surface area (Å²) in [6.07, 6.45) is -0.111. The smallest absolute Gasteiger partial charge is 0.226 e. The van der Waals surface area contributed by atoms with Gasteiger partial charge in [0.05, 0.1) is 12.8 Å². The molecule has 3 heterocycles. The number of aromatic nitrogens is 4. The Hall–Kier alpha value is -2.98. The van der Waals surface area contributed by atoms with Crippen LogP contribution in [0.2, 0.25) is 0 Å². The van der Waals surface area contributed by atoms with Crippen LogP contribution in [0.15, 0.2) is 29.4 Å². The summed E-state index contributed by atoms with van der Waals surface area (Å²) in [5.41, 5.74) is 3.42. The van der Waals surface area contributed by atoms with Crippen LogP contribution >= 0.6 is 11.8 Å². The SMILES string of the molecule is COc1cccc2c(C)nc(NC3NC(=O)CC(CSc4nc(C)cc(C)n4)N3)nc12. The Labute approximate surface area is 184 Å². The summed E-state index contributed by atoms with van der Waals surface area (Å²) in [4.78, 5) is 30.3. The van der Waals surface area contributed by atoms with Crippen LogP contribution in [0.3, 0.4) is 0 Å². The molecule has 1 saturated heterocycles. The van der Waals surface area contributed by atoms with Gasteiger partial charge >= 0.3 is 0 Å². The van der Waals surface area contributed by atoms with E-state index in [1.165, 1.54) is 11.8 Å². The molecule has 1 amide bonds. The molecule has 0 radical (unpaired) electrons. The summed E-state index contributed by atoms with van der Waals surface area (Å²) < 4.78 is 5.43. The fraction of sp³-hybridized carbons (Fsp3) is 0.381. The Balaban J connectivity index is 1.46. The number of thioether (sulfide) groups is 1. The number of carbonyl (C=O) groups excluding carboxylic acids is 1. The first-order valence-electron chi connectivity index (χ1n) is 9.99. The Morgan fingerprint density at radius 1 is 1.16 bits per heavy atom. The van der Waals surface area contributed by atoms with E-state index in [1.807, 2.05) is 45.0 Å². The van der Waals surface area contributed by atoms with Crippen LogP contribution in [0.4, 0.5) is 5.95 Å². The molecule has 1 aromatic carbocycles. The number of nitrogens with one attached hydrogen (secondary N) is 3. The highest BCUT2D eigenvalue weighted by molar-refractivity contribution is 7.99. The van der Waals surface area contributed by atoms with Crippen LogP contribution in [0.5, 0.6) is 5.75 Å². The molecule has 0 spiro atoms. The lowest BCUT2D eigenvalue weighted by molar-refractivity contribution is -0.123. The van der Waals surface area contributed by atoms with E-state index in [1.54, 1.807) is 7.11 Å². The number of fused-ring (bicyclic) bond motifs is 1. The number of aryl methyl sites for hydroxylation is 3. The highest BCUT2D eigenvalue weighted by Gasteiger charge is 2.26. The number of rotatable bonds is 6. The lowest BCUT2D eigenvalue weighted by atomic mass is 10.2. The minimum absolute atomic E-state index is 0.0433. The van der Waals surface area contributed by atoms with Crippen molar-refractivity contribution in [1.82, 2.24) is 30.6 Å². The van der Waals surface area contributed by atoms with Crippen molar-refractivity contribution in [3.63, 3.8) is 0 Å². The van der Waals surface area contributed by atoms with Crippen molar-refractivity contribution in [3.8, 4) is 5.75 Å². The van der Waals surface area contributed by atoms with Crippen LogP contribution in [0.1, 0.15) is 23.5 Å². The molecule has 3 N–H and O–H groups in total. The van der Waals surface area contributed by atoms with E-state index in [2.05, 4.69) is 35.9 Å². The maximum Gasteiger partial charge on any atom is 0.226 e. The molecule has 0 aliphatic carbocycles. The molecule has 0 saturated carbocycles. The van der Waals surface area contributed by atoms with Crippen molar-refractivity contribution < 1.29 is 9.53 Å². The molecular weight excluding hydrogens is 414 g/mol. The van der Waals surface area contributed by atoms with Gasteiger partial charge in [-0.2, -0.15) is 0 Å². The fourth-order valence-electron chi connectivity index (χ4n) is 3.54. The molecule has 9 nitrogen and oxygen atoms in total. The maximum absolute atomic E-state index is 12.3. The molecular formula is C21H25N7O2S. The van der Waals surface area contributed by atoms with Gasteiger partial charge in [0, 0.05) is 35.0 Å². The first kappa shape index (κ1) is 21.3. The number of benzene rings is 1. The van der Waals surface area contributed by atoms with Crippen molar-refractivity contribution >= 4 is 34.5 Å². The zero-order valence-corrected chi connectivity index (χ0v) is 18.7. The lowest BCUT2D eigenvalue weighted by Gasteiger charge is -2.31. The monoisotopic (exact) mass is 439 g/mol. The van der Waals surface area contributed by atoms with Gasteiger partial charge in [0.25, 0.3) is 0 Å². The van der Waals surface area contributed by atoms with Gasteiger partial charge in [-0.15, -0.1) is 0 Å². The third-order valence-corrected chi connectivity index (χ3v) is 5.90. The van der Waals surface area contributed by atoms with Crippen LogP contribution < -0.4 is 20.7 Å². The number of para-hydroxylation sites is 1. The average molecular weight is 440 g/mol. The van der Waals surface area contributed by atoms with E-state index in [0.717, 1.165) is 33.1 Å². The largest absolute Gasteiger partial charge is 0.494 e. The Kier molecular flexibility index (Phi) is 6.19. The summed E-state index contributed by atoms with van der Waals surface area (Å²) in [5, 5.41) is 11.1. The van der Waals surface area contributed by atoms with E-state index in [-0.39, 0.29) is 11.9 Å². The minimum Gasteiger partial charge on any atom is -0.494 e. The van der Waals surface area contributed by atoms with Crippen molar-refractivity contribution in [2.75, 3.05) is 18.2 Å². The minimum atomic E-state index is -0.487. The van der Waals surface area contributed by atoms with Gasteiger partial charge in [0.15, 0.2) is 11.4 Å². The van der Waals surface area contributed by atoms with Crippen LogP contribution in [0, 0.1) is 20.8 Å². The summed E-state index contributed by atoms with van der Waals surface area (Å²) >= 11 is 1.53. The molecule has 2 unspecified atom stereocenters. The number of anilines is 1. The number of hydrogen-bond acceptors (Lipinski definition) is 9. The molecule has 4 rings (SSSR count). The molecule has 162 valence electrons. The fourth-order valence-corrected chi connectivity index (χ4v) is 4.52. The highest BCUT2D eigenvalue weighted by Crippen LogP contribution is 2.26. The molecule has 10 heteroatoms. The van der Waals surface area contributed by atoms with Gasteiger partial charge in [-0.1, -0.05) is 23.9 Å². The van der Waals surface area contributed by atoms with E-state index in [4.69, 9.17) is 4.74 Å². The van der Waals surface area contributed by atoms with E-state index in [0.29, 0.717) is 23.9 Å². The van der Waals surface area contributed by atoms with Crippen molar-refractivity contribution in [1.29, 1.82) is 0 Å². The maximum atomic E-state index is 12.3. The van der Waals surface area contributed by atoms with Gasteiger partial charge in [-0.3, -0.25) is 10.1 Å². The number of carbonyl (C=O) groups is 1. The Morgan fingerprint density at radius 2 is 1.94 bits per heavy atom.